The zero-order valence-electron chi connectivity index (χ0n) is 16.8. The van der Waals surface area contributed by atoms with Crippen LogP contribution in [0.15, 0.2) is 65.1 Å². The summed E-state index contributed by atoms with van der Waals surface area (Å²) in [6.45, 7) is 0. The van der Waals surface area contributed by atoms with Gasteiger partial charge in [-0.05, 0) is 54.8 Å². The van der Waals surface area contributed by atoms with Crippen molar-refractivity contribution in [1.29, 1.82) is 0 Å². The molecule has 1 amide bonds. The quantitative estimate of drug-likeness (QED) is 0.336. The van der Waals surface area contributed by atoms with Crippen LogP contribution >= 0.6 is 23.1 Å². The zero-order valence-corrected chi connectivity index (χ0v) is 18.4. The second kappa shape index (κ2) is 8.56. The number of hydrogen-bond acceptors (Lipinski definition) is 6. The molecule has 3 aromatic heterocycles. The normalized spacial score (nSPS) is 12.4. The second-order valence-corrected chi connectivity index (χ2v) is 9.11. The van der Waals surface area contributed by atoms with Crippen molar-refractivity contribution < 1.29 is 9.21 Å². The van der Waals surface area contributed by atoms with Crippen molar-refractivity contribution in [3.63, 3.8) is 0 Å². The number of hydrogen-bond donors (Lipinski definition) is 2. The van der Waals surface area contributed by atoms with Crippen molar-refractivity contribution >= 4 is 50.3 Å². The summed E-state index contributed by atoms with van der Waals surface area (Å²) >= 11 is 3.28. The van der Waals surface area contributed by atoms with Crippen molar-refractivity contribution in [3.05, 3.63) is 72.2 Å². The average molecular weight is 449 g/mol. The first-order valence-electron chi connectivity index (χ1n) is 9.91. The highest BCUT2D eigenvalue weighted by Crippen LogP contribution is 2.31. The number of fused-ring (bicyclic) bond motifs is 2. The van der Waals surface area contributed by atoms with Crippen molar-refractivity contribution in [2.45, 2.75) is 12.5 Å². The summed E-state index contributed by atoms with van der Waals surface area (Å²) in [6.07, 6.45) is 2.81. The Kier molecular flexibility index (Phi) is 5.48. The molecular weight excluding hydrogens is 428 g/mol. The summed E-state index contributed by atoms with van der Waals surface area (Å²) in [7, 11) is 0. The molecule has 0 aliphatic carbocycles. The third kappa shape index (κ3) is 4.08. The van der Waals surface area contributed by atoms with Gasteiger partial charge in [-0.3, -0.25) is 4.79 Å². The first-order valence-corrected chi connectivity index (χ1v) is 12.1. The lowest BCUT2D eigenvalue weighted by atomic mass is 10.2. The Hall–Kier alpha value is -3.10. The summed E-state index contributed by atoms with van der Waals surface area (Å²) in [6, 6.07) is 19.1. The Morgan fingerprint density at radius 2 is 1.90 bits per heavy atom. The smallest absolute Gasteiger partial charge is 0.287 e. The van der Waals surface area contributed by atoms with Gasteiger partial charge in [-0.15, -0.1) is 11.3 Å². The summed E-state index contributed by atoms with van der Waals surface area (Å²) in [5.74, 6) is 2.24. The number of H-pyrrole nitrogens is 1. The largest absolute Gasteiger partial charge is 0.448 e. The van der Waals surface area contributed by atoms with Gasteiger partial charge in [-0.1, -0.05) is 24.3 Å². The maximum atomic E-state index is 13.0. The molecule has 5 rings (SSSR count). The topological polar surface area (TPSA) is 83.8 Å². The highest BCUT2D eigenvalue weighted by Gasteiger charge is 2.21. The zero-order chi connectivity index (χ0) is 21.2. The Balaban J connectivity index is 1.38. The van der Waals surface area contributed by atoms with E-state index in [4.69, 9.17) is 4.42 Å². The number of nitrogens with one attached hydrogen (secondary N) is 2. The molecule has 0 aliphatic rings. The van der Waals surface area contributed by atoms with Gasteiger partial charge < -0.3 is 14.7 Å². The van der Waals surface area contributed by atoms with Gasteiger partial charge in [-0.2, -0.15) is 11.8 Å². The summed E-state index contributed by atoms with van der Waals surface area (Å²) in [5.41, 5.74) is 2.76. The number of imidazole rings is 1. The molecule has 6 nitrogen and oxygen atoms in total. The summed E-state index contributed by atoms with van der Waals surface area (Å²) in [5, 5.41) is 3.84. The number of thiazole rings is 1. The Bertz CT molecular complexity index is 1290. The SMILES string of the molecule is CSCC[C@@H](NC(=O)c1ccc(-c2nc3ccccc3s2)o1)c1nc2ccccc2[nH]1. The van der Waals surface area contributed by atoms with Gasteiger partial charge in [0.25, 0.3) is 5.91 Å². The fourth-order valence-corrected chi connectivity index (χ4v) is 4.83. The Labute approximate surface area is 187 Å². The van der Waals surface area contributed by atoms with E-state index in [0.29, 0.717) is 5.76 Å². The van der Waals surface area contributed by atoms with E-state index in [2.05, 4.69) is 20.3 Å². The van der Waals surface area contributed by atoms with Crippen LogP contribution in [0.4, 0.5) is 0 Å². The van der Waals surface area contributed by atoms with E-state index in [1.807, 2.05) is 54.8 Å². The molecule has 0 spiro atoms. The molecule has 156 valence electrons. The molecule has 0 unspecified atom stereocenters. The number of carbonyl (C=O) groups is 1. The molecule has 0 radical (unpaired) electrons. The van der Waals surface area contributed by atoms with Crippen LogP contribution in [0.5, 0.6) is 0 Å². The number of para-hydroxylation sites is 3. The Morgan fingerprint density at radius 1 is 1.10 bits per heavy atom. The lowest BCUT2D eigenvalue weighted by Crippen LogP contribution is -2.29. The molecule has 8 heteroatoms. The van der Waals surface area contributed by atoms with Crippen LogP contribution in [0.2, 0.25) is 0 Å². The van der Waals surface area contributed by atoms with E-state index in [9.17, 15) is 4.79 Å². The van der Waals surface area contributed by atoms with Crippen LogP contribution in [0.1, 0.15) is 28.8 Å². The van der Waals surface area contributed by atoms with Gasteiger partial charge in [0.2, 0.25) is 0 Å². The molecule has 31 heavy (non-hydrogen) atoms. The van der Waals surface area contributed by atoms with Gasteiger partial charge in [0.15, 0.2) is 16.5 Å². The number of nitrogens with zero attached hydrogens (tertiary/aromatic N) is 2. The van der Waals surface area contributed by atoms with Gasteiger partial charge in [-0.25, -0.2) is 9.97 Å². The van der Waals surface area contributed by atoms with Crippen LogP contribution in [-0.2, 0) is 0 Å². The number of aromatic amines is 1. The molecule has 3 heterocycles. The lowest BCUT2D eigenvalue weighted by molar-refractivity contribution is 0.0907. The fourth-order valence-electron chi connectivity index (χ4n) is 3.43. The monoisotopic (exact) mass is 448 g/mol. The molecule has 0 fully saturated rings. The number of amides is 1. The van der Waals surface area contributed by atoms with Crippen LogP contribution in [-0.4, -0.2) is 32.9 Å². The molecule has 0 saturated carbocycles. The predicted molar refractivity (Wildman–Crippen MR) is 127 cm³/mol. The van der Waals surface area contributed by atoms with Crippen LogP contribution < -0.4 is 5.32 Å². The molecule has 2 N–H and O–H groups in total. The minimum absolute atomic E-state index is 0.233. The second-order valence-electron chi connectivity index (χ2n) is 7.10. The molecular formula is C23H20N4O2S2. The van der Waals surface area contributed by atoms with Crippen molar-refractivity contribution in [2.75, 3.05) is 12.0 Å². The maximum absolute atomic E-state index is 13.0. The third-order valence-corrected chi connectivity index (χ3v) is 6.68. The fraction of sp³-hybridized carbons (Fsp3) is 0.174. The number of aromatic nitrogens is 3. The summed E-state index contributed by atoms with van der Waals surface area (Å²) < 4.78 is 6.95. The molecule has 0 saturated heterocycles. The first kappa shape index (κ1) is 19.8. The molecule has 1 atom stereocenters. The third-order valence-electron chi connectivity index (χ3n) is 4.99. The van der Waals surface area contributed by atoms with E-state index >= 15 is 0 Å². The van der Waals surface area contributed by atoms with Crippen molar-refractivity contribution in [2.24, 2.45) is 0 Å². The molecule has 0 bridgehead atoms. The molecule has 5 aromatic rings. The van der Waals surface area contributed by atoms with E-state index in [1.54, 1.807) is 35.2 Å². The number of thioether (sulfide) groups is 1. The van der Waals surface area contributed by atoms with E-state index < -0.39 is 0 Å². The lowest BCUT2D eigenvalue weighted by Gasteiger charge is -2.15. The predicted octanol–water partition coefficient (Wildman–Crippen LogP) is 5.66. The van der Waals surface area contributed by atoms with E-state index in [-0.39, 0.29) is 17.7 Å². The molecule has 2 aromatic carbocycles. The minimum atomic E-state index is -0.265. The summed E-state index contributed by atoms with van der Waals surface area (Å²) in [4.78, 5) is 25.6. The molecule has 0 aliphatic heterocycles. The first-order chi connectivity index (χ1) is 15.2. The van der Waals surface area contributed by atoms with Crippen LogP contribution in [0.25, 0.3) is 32.0 Å². The van der Waals surface area contributed by atoms with Crippen LogP contribution in [0.3, 0.4) is 0 Å². The highest BCUT2D eigenvalue weighted by atomic mass is 32.2. The van der Waals surface area contributed by atoms with Gasteiger partial charge in [0.1, 0.15) is 5.82 Å². The number of benzene rings is 2. The average Bonchev–Trinajstić information content (AvgIpc) is 3.53. The van der Waals surface area contributed by atoms with Crippen LogP contribution in [0, 0.1) is 0 Å². The number of furan rings is 1. The minimum Gasteiger partial charge on any atom is -0.448 e. The number of carbonyl (C=O) groups excluding carboxylic acids is 1. The van der Waals surface area contributed by atoms with Gasteiger partial charge >= 0.3 is 0 Å². The maximum Gasteiger partial charge on any atom is 0.287 e. The standard InChI is InChI=1S/C23H20N4O2S2/c1-30-13-12-17(21-24-14-6-2-3-7-15(14)25-21)26-22(28)18-10-11-19(29-18)23-27-16-8-4-5-9-20(16)31-23/h2-11,17H,12-13H2,1H3,(H,24,25)(H,26,28)/t17-/m1/s1. The van der Waals surface area contributed by atoms with Gasteiger partial charge in [0, 0.05) is 0 Å². The highest BCUT2D eigenvalue weighted by molar-refractivity contribution is 7.98. The van der Waals surface area contributed by atoms with E-state index in [1.165, 1.54) is 0 Å². The Morgan fingerprint density at radius 3 is 2.71 bits per heavy atom. The van der Waals surface area contributed by atoms with E-state index in [0.717, 1.165) is 44.3 Å². The van der Waals surface area contributed by atoms with Crippen molar-refractivity contribution in [1.82, 2.24) is 20.3 Å². The van der Waals surface area contributed by atoms with Gasteiger partial charge in [0.05, 0.1) is 27.3 Å². The number of rotatable bonds is 7. The van der Waals surface area contributed by atoms with Crippen molar-refractivity contribution in [3.8, 4) is 10.8 Å².